The number of hydrogen-bond acceptors (Lipinski definition) is 5. The van der Waals surface area contributed by atoms with Gasteiger partial charge in [-0.05, 0) is 46.3 Å². The zero-order chi connectivity index (χ0) is 18.5. The van der Waals surface area contributed by atoms with Gasteiger partial charge in [0.25, 0.3) is 0 Å². The van der Waals surface area contributed by atoms with Crippen molar-refractivity contribution in [2.75, 3.05) is 85.8 Å². The maximum absolute atomic E-state index is 5.74. The Bertz CT molecular complexity index is 388. The summed E-state index contributed by atoms with van der Waals surface area (Å²) in [5.41, 5.74) is 0. The van der Waals surface area contributed by atoms with E-state index < -0.39 is 0 Å². The highest BCUT2D eigenvalue weighted by Crippen LogP contribution is 2.12. The van der Waals surface area contributed by atoms with Crippen LogP contribution in [0.2, 0.25) is 0 Å². The molecule has 2 fully saturated rings. The van der Waals surface area contributed by atoms with Gasteiger partial charge in [-0.2, -0.15) is 0 Å². The molecule has 7 nitrogen and oxygen atoms in total. The van der Waals surface area contributed by atoms with Gasteiger partial charge in [0, 0.05) is 58.4 Å². The van der Waals surface area contributed by atoms with E-state index in [1.54, 1.807) is 0 Å². The Morgan fingerprint density at radius 3 is 2.96 bits per heavy atom. The van der Waals surface area contributed by atoms with E-state index >= 15 is 0 Å². The van der Waals surface area contributed by atoms with Crippen LogP contribution < -0.4 is 10.6 Å². The fourth-order valence-electron chi connectivity index (χ4n) is 3.32. The van der Waals surface area contributed by atoms with Gasteiger partial charge < -0.3 is 29.9 Å². The van der Waals surface area contributed by atoms with Crippen molar-refractivity contribution in [2.45, 2.75) is 26.2 Å². The second-order valence-electron chi connectivity index (χ2n) is 7.34. The molecule has 0 aromatic heterocycles. The minimum atomic E-state index is 0.594. The summed E-state index contributed by atoms with van der Waals surface area (Å²) in [5.74, 6) is 1.51. The zero-order valence-corrected chi connectivity index (χ0v) is 16.8. The predicted octanol–water partition coefficient (Wildman–Crippen LogP) is 0.622. The summed E-state index contributed by atoms with van der Waals surface area (Å²) in [4.78, 5) is 9.62. The molecule has 0 aliphatic carbocycles. The van der Waals surface area contributed by atoms with E-state index in [-0.39, 0.29) is 0 Å². The van der Waals surface area contributed by atoms with E-state index in [4.69, 9.17) is 9.47 Å². The molecule has 0 amide bonds. The monoisotopic (exact) mass is 369 g/mol. The molecule has 1 atom stereocenters. The molecule has 0 saturated carbocycles. The van der Waals surface area contributed by atoms with Crippen LogP contribution >= 0.6 is 0 Å². The van der Waals surface area contributed by atoms with E-state index in [2.05, 4.69) is 39.4 Å². The number of nitrogens with zero attached hydrogens (tertiary/aromatic N) is 3. The molecule has 0 radical (unpaired) electrons. The predicted molar refractivity (Wildman–Crippen MR) is 107 cm³/mol. The SMILES string of the molecule is CCNC(=NCCCOCC1CCOC1)NCCN1CCCN(C)CC1. The first-order valence-corrected chi connectivity index (χ1v) is 10.4. The molecule has 2 heterocycles. The summed E-state index contributed by atoms with van der Waals surface area (Å²) in [5, 5.41) is 6.79. The smallest absolute Gasteiger partial charge is 0.191 e. The van der Waals surface area contributed by atoms with Gasteiger partial charge >= 0.3 is 0 Å². The largest absolute Gasteiger partial charge is 0.381 e. The Kier molecular flexibility index (Phi) is 11.0. The van der Waals surface area contributed by atoms with E-state index in [0.717, 1.165) is 78.0 Å². The first-order valence-electron chi connectivity index (χ1n) is 10.4. The van der Waals surface area contributed by atoms with Gasteiger partial charge in [0.15, 0.2) is 5.96 Å². The minimum absolute atomic E-state index is 0.594. The van der Waals surface area contributed by atoms with Gasteiger partial charge in [0.05, 0.1) is 13.2 Å². The molecule has 2 aliphatic heterocycles. The molecule has 0 spiro atoms. The van der Waals surface area contributed by atoms with Gasteiger partial charge in [-0.15, -0.1) is 0 Å². The normalized spacial score (nSPS) is 23.2. The lowest BCUT2D eigenvalue weighted by Gasteiger charge is -2.21. The third kappa shape index (κ3) is 9.16. The van der Waals surface area contributed by atoms with Crippen molar-refractivity contribution in [2.24, 2.45) is 10.9 Å². The van der Waals surface area contributed by atoms with Crippen LogP contribution in [-0.4, -0.2) is 102 Å². The molecule has 0 aromatic carbocycles. The molecule has 152 valence electrons. The van der Waals surface area contributed by atoms with E-state index in [1.165, 1.54) is 26.1 Å². The van der Waals surface area contributed by atoms with Crippen molar-refractivity contribution in [3.05, 3.63) is 0 Å². The van der Waals surface area contributed by atoms with Crippen LogP contribution in [0.1, 0.15) is 26.2 Å². The molecule has 7 heteroatoms. The molecule has 0 aromatic rings. The van der Waals surface area contributed by atoms with Crippen molar-refractivity contribution < 1.29 is 9.47 Å². The second kappa shape index (κ2) is 13.3. The van der Waals surface area contributed by atoms with Crippen LogP contribution in [0.5, 0.6) is 0 Å². The van der Waals surface area contributed by atoms with Crippen LogP contribution in [0, 0.1) is 5.92 Å². The van der Waals surface area contributed by atoms with E-state index in [9.17, 15) is 0 Å². The Morgan fingerprint density at radius 1 is 1.23 bits per heavy atom. The lowest BCUT2D eigenvalue weighted by molar-refractivity contribution is 0.0893. The maximum atomic E-state index is 5.74. The highest BCUT2D eigenvalue weighted by Gasteiger charge is 2.15. The topological polar surface area (TPSA) is 61.4 Å². The highest BCUT2D eigenvalue weighted by molar-refractivity contribution is 5.79. The summed E-state index contributed by atoms with van der Waals surface area (Å²) < 4.78 is 11.1. The number of ether oxygens (including phenoxy) is 2. The summed E-state index contributed by atoms with van der Waals surface area (Å²) in [7, 11) is 2.21. The Hall–Kier alpha value is -0.890. The number of aliphatic imine (C=N–C) groups is 1. The Morgan fingerprint density at radius 2 is 2.15 bits per heavy atom. The van der Waals surface area contributed by atoms with Crippen LogP contribution in [-0.2, 0) is 9.47 Å². The zero-order valence-electron chi connectivity index (χ0n) is 16.8. The van der Waals surface area contributed by atoms with Crippen molar-refractivity contribution in [3.8, 4) is 0 Å². The third-order valence-electron chi connectivity index (χ3n) is 4.97. The second-order valence-corrected chi connectivity index (χ2v) is 7.34. The number of hydrogen-bond donors (Lipinski definition) is 2. The van der Waals surface area contributed by atoms with Gasteiger partial charge in [0.2, 0.25) is 0 Å². The minimum Gasteiger partial charge on any atom is -0.381 e. The molecule has 0 bridgehead atoms. The van der Waals surface area contributed by atoms with E-state index in [1.807, 2.05) is 0 Å². The Balaban J connectivity index is 1.55. The molecular weight excluding hydrogens is 330 g/mol. The Labute approximate surface area is 159 Å². The molecule has 2 rings (SSSR count). The van der Waals surface area contributed by atoms with Gasteiger partial charge in [-0.3, -0.25) is 4.99 Å². The van der Waals surface area contributed by atoms with Crippen LogP contribution in [0.4, 0.5) is 0 Å². The van der Waals surface area contributed by atoms with Crippen molar-refractivity contribution >= 4 is 5.96 Å². The van der Waals surface area contributed by atoms with Crippen molar-refractivity contribution in [1.29, 1.82) is 0 Å². The lowest BCUT2D eigenvalue weighted by Crippen LogP contribution is -2.42. The lowest BCUT2D eigenvalue weighted by atomic mass is 10.1. The quantitative estimate of drug-likeness (QED) is 0.334. The van der Waals surface area contributed by atoms with Crippen LogP contribution in [0.25, 0.3) is 0 Å². The first-order chi connectivity index (χ1) is 12.8. The first kappa shape index (κ1) is 21.4. The average molecular weight is 370 g/mol. The van der Waals surface area contributed by atoms with Crippen LogP contribution in [0.15, 0.2) is 4.99 Å². The highest BCUT2D eigenvalue weighted by atomic mass is 16.5. The maximum Gasteiger partial charge on any atom is 0.191 e. The number of rotatable bonds is 10. The molecule has 1 unspecified atom stereocenters. The number of likely N-dealkylation sites (N-methyl/N-ethyl adjacent to an activating group) is 1. The molecule has 2 N–H and O–H groups in total. The third-order valence-corrected chi connectivity index (χ3v) is 4.97. The van der Waals surface area contributed by atoms with Crippen molar-refractivity contribution in [1.82, 2.24) is 20.4 Å². The molecular formula is C19H39N5O2. The van der Waals surface area contributed by atoms with Crippen molar-refractivity contribution in [3.63, 3.8) is 0 Å². The standard InChI is InChI=1S/C19H39N5O2/c1-3-20-19(21-7-4-14-25-16-18-6-15-26-17-18)22-8-11-24-10-5-9-23(2)12-13-24/h18H,3-17H2,1-2H3,(H2,20,21,22). The molecule has 2 saturated heterocycles. The average Bonchev–Trinajstić information content (AvgIpc) is 3.07. The fourth-order valence-corrected chi connectivity index (χ4v) is 3.32. The summed E-state index contributed by atoms with van der Waals surface area (Å²) in [6.45, 7) is 13.9. The van der Waals surface area contributed by atoms with Gasteiger partial charge in [-0.25, -0.2) is 0 Å². The summed E-state index contributed by atoms with van der Waals surface area (Å²) in [6, 6.07) is 0. The molecule has 26 heavy (non-hydrogen) atoms. The van der Waals surface area contributed by atoms with E-state index in [0.29, 0.717) is 5.92 Å². The molecule has 2 aliphatic rings. The summed E-state index contributed by atoms with van der Waals surface area (Å²) >= 11 is 0. The van der Waals surface area contributed by atoms with Crippen LogP contribution in [0.3, 0.4) is 0 Å². The summed E-state index contributed by atoms with van der Waals surface area (Å²) in [6.07, 6.45) is 3.36. The van der Waals surface area contributed by atoms with Gasteiger partial charge in [0.1, 0.15) is 0 Å². The van der Waals surface area contributed by atoms with Gasteiger partial charge in [-0.1, -0.05) is 0 Å². The number of nitrogens with one attached hydrogen (secondary N) is 2. The fraction of sp³-hybridized carbons (Fsp3) is 0.947. The number of guanidine groups is 1.